The fraction of sp³-hybridized carbons (Fsp3) is 0.875. The van der Waals surface area contributed by atoms with Gasteiger partial charge in [-0.25, -0.2) is 8.42 Å². The van der Waals surface area contributed by atoms with Crippen molar-refractivity contribution in [3.05, 3.63) is 0 Å². The molecular weight excluding hydrogens is 188 g/mol. The van der Waals surface area contributed by atoms with E-state index in [1.807, 2.05) is 6.07 Å². The Labute approximate surface area is 79.0 Å². The number of nitrogens with one attached hydrogen (secondary N) is 1. The van der Waals surface area contributed by atoms with E-state index in [0.29, 0.717) is 0 Å². The quantitative estimate of drug-likeness (QED) is 0.726. The number of hydrogen-bond acceptors (Lipinski definition) is 3. The molecule has 1 fully saturated rings. The zero-order valence-electron chi connectivity index (χ0n) is 7.82. The number of nitriles is 1. The Balaban J connectivity index is 2.61. The molecule has 1 saturated carbocycles. The summed E-state index contributed by atoms with van der Waals surface area (Å²) in [5.74, 6) is 0.235. The van der Waals surface area contributed by atoms with Crippen LogP contribution < -0.4 is 4.72 Å². The molecule has 1 aliphatic carbocycles. The van der Waals surface area contributed by atoms with Gasteiger partial charge in [-0.2, -0.15) is 9.98 Å². The standard InChI is InChI=1S/C8H14N2O2S/c1-6(2)13(11,12)10-8(5-9)7-3-4-7/h6-8,10H,3-4H2,1-2H3. The largest absolute Gasteiger partial charge is 0.215 e. The van der Waals surface area contributed by atoms with Crippen molar-refractivity contribution in [2.24, 2.45) is 5.92 Å². The van der Waals surface area contributed by atoms with Crippen molar-refractivity contribution < 1.29 is 8.42 Å². The molecule has 1 unspecified atom stereocenters. The second kappa shape index (κ2) is 3.64. The van der Waals surface area contributed by atoms with Crippen LogP contribution in [0, 0.1) is 17.2 Å². The van der Waals surface area contributed by atoms with Gasteiger partial charge in [0.25, 0.3) is 0 Å². The molecule has 0 aromatic carbocycles. The molecular formula is C8H14N2O2S. The van der Waals surface area contributed by atoms with Crippen LogP contribution >= 0.6 is 0 Å². The molecule has 0 aromatic rings. The molecule has 0 aromatic heterocycles. The summed E-state index contributed by atoms with van der Waals surface area (Å²) in [7, 11) is -3.29. The number of nitrogens with zero attached hydrogens (tertiary/aromatic N) is 1. The predicted octanol–water partition coefficient (Wildman–Crippen LogP) is 0.616. The first-order valence-corrected chi connectivity index (χ1v) is 5.92. The molecule has 4 nitrogen and oxygen atoms in total. The van der Waals surface area contributed by atoms with Crippen LogP contribution in [0.15, 0.2) is 0 Å². The molecule has 0 aliphatic heterocycles. The Morgan fingerprint density at radius 3 is 2.31 bits per heavy atom. The van der Waals surface area contributed by atoms with E-state index in [1.165, 1.54) is 0 Å². The van der Waals surface area contributed by atoms with Crippen molar-refractivity contribution in [1.82, 2.24) is 4.72 Å². The highest BCUT2D eigenvalue weighted by molar-refractivity contribution is 7.90. The van der Waals surface area contributed by atoms with Crippen LogP contribution in [0.25, 0.3) is 0 Å². The average Bonchev–Trinajstić information content (AvgIpc) is 2.82. The van der Waals surface area contributed by atoms with Crippen LogP contribution in [0.4, 0.5) is 0 Å². The van der Waals surface area contributed by atoms with Crippen molar-refractivity contribution in [2.75, 3.05) is 0 Å². The van der Waals surface area contributed by atoms with E-state index in [-0.39, 0.29) is 5.92 Å². The first-order valence-electron chi connectivity index (χ1n) is 4.38. The first kappa shape index (κ1) is 10.5. The second-order valence-corrected chi connectivity index (χ2v) is 5.92. The third kappa shape index (κ3) is 2.68. The van der Waals surface area contributed by atoms with Crippen LogP contribution in [0.1, 0.15) is 26.7 Å². The lowest BCUT2D eigenvalue weighted by Gasteiger charge is -2.13. The van der Waals surface area contributed by atoms with Crippen LogP contribution in [-0.4, -0.2) is 19.7 Å². The summed E-state index contributed by atoms with van der Waals surface area (Å²) >= 11 is 0. The molecule has 0 saturated heterocycles. The summed E-state index contributed by atoms with van der Waals surface area (Å²) in [6.45, 7) is 3.20. The fourth-order valence-corrected chi connectivity index (χ4v) is 1.84. The monoisotopic (exact) mass is 202 g/mol. The zero-order chi connectivity index (χ0) is 10.1. The summed E-state index contributed by atoms with van der Waals surface area (Å²) in [4.78, 5) is 0. The smallest absolute Gasteiger partial charge is 0.212 e. The van der Waals surface area contributed by atoms with Gasteiger partial charge >= 0.3 is 0 Å². The maximum atomic E-state index is 11.4. The van der Waals surface area contributed by atoms with Crippen LogP contribution in [-0.2, 0) is 10.0 Å². The minimum Gasteiger partial charge on any atom is -0.212 e. The van der Waals surface area contributed by atoms with Crippen LogP contribution in [0.5, 0.6) is 0 Å². The summed E-state index contributed by atoms with van der Waals surface area (Å²) in [5, 5.41) is 8.23. The van der Waals surface area contributed by atoms with E-state index in [2.05, 4.69) is 4.72 Å². The lowest BCUT2D eigenvalue weighted by atomic mass is 10.2. The van der Waals surface area contributed by atoms with Crippen molar-refractivity contribution in [2.45, 2.75) is 38.0 Å². The van der Waals surface area contributed by atoms with Gasteiger partial charge in [0.05, 0.1) is 11.3 Å². The normalized spacial score (nSPS) is 19.8. The Bertz CT molecular complexity index is 312. The highest BCUT2D eigenvalue weighted by Gasteiger charge is 2.34. The zero-order valence-corrected chi connectivity index (χ0v) is 8.63. The molecule has 1 N–H and O–H groups in total. The number of rotatable bonds is 4. The first-order chi connectivity index (χ1) is 5.97. The second-order valence-electron chi connectivity index (χ2n) is 3.66. The lowest BCUT2D eigenvalue weighted by Crippen LogP contribution is -2.39. The Kier molecular flexibility index (Phi) is 2.94. The molecule has 13 heavy (non-hydrogen) atoms. The van der Waals surface area contributed by atoms with Crippen LogP contribution in [0.2, 0.25) is 0 Å². The highest BCUT2D eigenvalue weighted by atomic mass is 32.2. The molecule has 0 heterocycles. The molecule has 5 heteroatoms. The van der Waals surface area contributed by atoms with E-state index in [4.69, 9.17) is 5.26 Å². The molecule has 1 aliphatic rings. The lowest BCUT2D eigenvalue weighted by molar-refractivity contribution is 0.552. The van der Waals surface area contributed by atoms with Crippen molar-refractivity contribution in [3.63, 3.8) is 0 Å². The van der Waals surface area contributed by atoms with Gasteiger partial charge < -0.3 is 0 Å². The van der Waals surface area contributed by atoms with Gasteiger partial charge in [-0.05, 0) is 32.6 Å². The minimum atomic E-state index is -3.29. The Morgan fingerprint density at radius 2 is 2.00 bits per heavy atom. The van der Waals surface area contributed by atoms with E-state index in [1.54, 1.807) is 13.8 Å². The van der Waals surface area contributed by atoms with E-state index >= 15 is 0 Å². The maximum Gasteiger partial charge on any atom is 0.215 e. The van der Waals surface area contributed by atoms with Crippen molar-refractivity contribution >= 4 is 10.0 Å². The number of hydrogen-bond donors (Lipinski definition) is 1. The van der Waals surface area contributed by atoms with E-state index in [0.717, 1.165) is 12.8 Å². The van der Waals surface area contributed by atoms with Crippen LogP contribution in [0.3, 0.4) is 0 Å². The van der Waals surface area contributed by atoms with Gasteiger partial charge in [-0.3, -0.25) is 0 Å². The molecule has 0 spiro atoms. The molecule has 0 amide bonds. The van der Waals surface area contributed by atoms with Gasteiger partial charge in [-0.15, -0.1) is 0 Å². The summed E-state index contributed by atoms with van der Waals surface area (Å²) in [6.07, 6.45) is 1.91. The van der Waals surface area contributed by atoms with Gasteiger partial charge in [0.2, 0.25) is 10.0 Å². The summed E-state index contributed by atoms with van der Waals surface area (Å²) < 4.78 is 25.2. The third-order valence-corrected chi connectivity index (χ3v) is 3.97. The maximum absolute atomic E-state index is 11.4. The van der Waals surface area contributed by atoms with Crippen molar-refractivity contribution in [3.8, 4) is 6.07 Å². The molecule has 1 rings (SSSR count). The molecule has 74 valence electrons. The van der Waals surface area contributed by atoms with Crippen molar-refractivity contribution in [1.29, 1.82) is 5.26 Å². The summed E-state index contributed by atoms with van der Waals surface area (Å²) in [5.41, 5.74) is 0. The fourth-order valence-electron chi connectivity index (χ4n) is 0.971. The van der Waals surface area contributed by atoms with Gasteiger partial charge in [0.1, 0.15) is 6.04 Å². The average molecular weight is 202 g/mol. The van der Waals surface area contributed by atoms with Gasteiger partial charge in [0, 0.05) is 0 Å². The van der Waals surface area contributed by atoms with E-state index < -0.39 is 21.3 Å². The molecule has 1 atom stereocenters. The predicted molar refractivity (Wildman–Crippen MR) is 49.3 cm³/mol. The molecule has 0 bridgehead atoms. The highest BCUT2D eigenvalue weighted by Crippen LogP contribution is 2.32. The SMILES string of the molecule is CC(C)S(=O)(=O)NC(C#N)C1CC1. The topological polar surface area (TPSA) is 70.0 Å². The number of sulfonamides is 1. The third-order valence-electron chi connectivity index (χ3n) is 2.14. The molecule has 0 radical (unpaired) electrons. The Morgan fingerprint density at radius 1 is 1.46 bits per heavy atom. The van der Waals surface area contributed by atoms with E-state index in [9.17, 15) is 8.42 Å². The Hall–Kier alpha value is -0.600. The minimum absolute atomic E-state index is 0.235. The summed E-state index contributed by atoms with van der Waals surface area (Å²) in [6, 6.07) is 1.46. The van der Waals surface area contributed by atoms with Gasteiger partial charge in [0.15, 0.2) is 0 Å². The van der Waals surface area contributed by atoms with Gasteiger partial charge in [-0.1, -0.05) is 0 Å².